The Kier molecular flexibility index (Phi) is 8.64. The van der Waals surface area contributed by atoms with E-state index in [1.807, 2.05) is 24.3 Å². The largest absolute Gasteiger partial charge is 0.494 e. The number of imidazole rings is 1. The van der Waals surface area contributed by atoms with Crippen molar-refractivity contribution in [3.63, 3.8) is 0 Å². The number of ether oxygens (including phenoxy) is 2. The summed E-state index contributed by atoms with van der Waals surface area (Å²) in [7, 11) is 5.04. The zero-order valence-electron chi connectivity index (χ0n) is 21.5. The molecule has 0 spiro atoms. The number of pyridine rings is 1. The summed E-state index contributed by atoms with van der Waals surface area (Å²) in [5.41, 5.74) is 6.49. The molecule has 0 saturated carbocycles. The third-order valence-corrected chi connectivity index (χ3v) is 7.05. The predicted octanol–water partition coefficient (Wildman–Crippen LogP) is 4.57. The van der Waals surface area contributed by atoms with Gasteiger partial charge in [-0.25, -0.2) is 4.98 Å². The molecule has 1 unspecified atom stereocenters. The molecular formula is C28H35N3O4S+2. The first-order valence-electron chi connectivity index (χ1n) is 12.0. The van der Waals surface area contributed by atoms with Crippen LogP contribution in [0.1, 0.15) is 48.3 Å². The molecule has 0 amide bonds. The summed E-state index contributed by atoms with van der Waals surface area (Å²) in [6.45, 7) is 5.54. The molecule has 0 saturated heterocycles. The van der Waals surface area contributed by atoms with Crippen LogP contribution >= 0.6 is 0 Å². The highest BCUT2D eigenvalue weighted by Crippen LogP contribution is 2.39. The normalized spacial score (nSPS) is 12.4. The Morgan fingerprint density at radius 3 is 2.44 bits per heavy atom. The predicted molar refractivity (Wildman–Crippen MR) is 147 cm³/mol. The fourth-order valence-electron chi connectivity index (χ4n) is 4.40. The van der Waals surface area contributed by atoms with Gasteiger partial charge in [0.1, 0.15) is 40.3 Å². The van der Waals surface area contributed by atoms with E-state index in [1.54, 1.807) is 27.5 Å². The minimum absolute atomic E-state index is 0.453. The van der Waals surface area contributed by atoms with E-state index in [0.29, 0.717) is 36.3 Å². The zero-order valence-corrected chi connectivity index (χ0v) is 22.4. The molecule has 0 radical (unpaired) electrons. The maximum Gasteiger partial charge on any atom is 0.224 e. The van der Waals surface area contributed by atoms with E-state index in [0.717, 1.165) is 45.6 Å². The molecule has 36 heavy (non-hydrogen) atoms. The van der Waals surface area contributed by atoms with Gasteiger partial charge in [0.2, 0.25) is 6.10 Å². The van der Waals surface area contributed by atoms with Gasteiger partial charge < -0.3 is 19.1 Å². The Bertz CT molecular complexity index is 1290. The van der Waals surface area contributed by atoms with Crippen molar-refractivity contribution < 1.29 is 18.8 Å². The third kappa shape index (κ3) is 5.27. The summed E-state index contributed by atoms with van der Waals surface area (Å²) in [5, 5.41) is 9.06. The molecule has 2 N–H and O–H groups in total. The quantitative estimate of drug-likeness (QED) is 0.219. The summed E-state index contributed by atoms with van der Waals surface area (Å²) >= 11 is 0.791. The van der Waals surface area contributed by atoms with Crippen molar-refractivity contribution in [2.45, 2.75) is 38.2 Å². The van der Waals surface area contributed by atoms with Crippen LogP contribution in [0.4, 0.5) is 0 Å². The molecule has 4 aromatic rings. The first-order chi connectivity index (χ1) is 17.5. The van der Waals surface area contributed by atoms with Crippen molar-refractivity contribution in [3.05, 3.63) is 77.1 Å². The van der Waals surface area contributed by atoms with Crippen molar-refractivity contribution >= 4 is 23.1 Å². The van der Waals surface area contributed by atoms with E-state index in [1.165, 1.54) is 5.56 Å². The van der Waals surface area contributed by atoms with Crippen LogP contribution in [-0.2, 0) is 33.3 Å². The molecule has 190 valence electrons. The second-order valence-electron chi connectivity index (χ2n) is 8.86. The molecule has 0 fully saturated rings. The van der Waals surface area contributed by atoms with Crippen LogP contribution in [0.5, 0.6) is 5.75 Å². The van der Waals surface area contributed by atoms with E-state index >= 15 is 0 Å². The van der Waals surface area contributed by atoms with Crippen LogP contribution in [0.3, 0.4) is 0 Å². The molecule has 2 heterocycles. The van der Waals surface area contributed by atoms with Gasteiger partial charge in [-0.1, -0.05) is 44.2 Å². The summed E-state index contributed by atoms with van der Waals surface area (Å²) < 4.78 is 18.9. The maximum absolute atomic E-state index is 9.06. The number of methoxy groups -OCH3 is 2. The smallest absolute Gasteiger partial charge is 0.224 e. The highest BCUT2D eigenvalue weighted by atomic mass is 32.2. The number of aromatic nitrogens is 3. The van der Waals surface area contributed by atoms with Crippen molar-refractivity contribution in [3.8, 4) is 17.1 Å². The SMILES string of the molecule is COCCn1c(-c2ccc(C(C)C)cc2)nc2c(C[SH+]OC)c(C([OH2+])c3ccccn3)cc(OC)c21. The van der Waals surface area contributed by atoms with Crippen LogP contribution < -0.4 is 4.74 Å². The average Bonchev–Trinajstić information content (AvgIpc) is 3.29. The molecule has 0 aliphatic rings. The zero-order chi connectivity index (χ0) is 25.7. The minimum Gasteiger partial charge on any atom is -0.494 e. The second-order valence-corrected chi connectivity index (χ2v) is 9.80. The van der Waals surface area contributed by atoms with E-state index < -0.39 is 6.10 Å². The summed E-state index contributed by atoms with van der Waals surface area (Å²) in [6, 6.07) is 16.2. The van der Waals surface area contributed by atoms with Gasteiger partial charge in [-0.3, -0.25) is 4.98 Å². The lowest BCUT2D eigenvalue weighted by molar-refractivity contribution is 0.188. The van der Waals surface area contributed by atoms with E-state index in [9.17, 15) is 0 Å². The lowest BCUT2D eigenvalue weighted by atomic mass is 9.98. The fourth-order valence-corrected chi connectivity index (χ4v) is 4.99. The van der Waals surface area contributed by atoms with Crippen molar-refractivity contribution in [1.82, 2.24) is 14.5 Å². The number of benzene rings is 2. The van der Waals surface area contributed by atoms with Gasteiger partial charge in [-0.05, 0) is 29.7 Å². The molecule has 0 bridgehead atoms. The van der Waals surface area contributed by atoms with Crippen LogP contribution in [0.25, 0.3) is 22.4 Å². The lowest BCUT2D eigenvalue weighted by Crippen LogP contribution is -2.10. The molecule has 0 aliphatic heterocycles. The lowest BCUT2D eigenvalue weighted by Gasteiger charge is -2.15. The molecule has 2 aromatic heterocycles. The number of nitrogens with zero attached hydrogens (tertiary/aromatic N) is 3. The van der Waals surface area contributed by atoms with Gasteiger partial charge in [0.05, 0.1) is 26.4 Å². The van der Waals surface area contributed by atoms with Crippen molar-refractivity contribution in [2.24, 2.45) is 0 Å². The van der Waals surface area contributed by atoms with Crippen LogP contribution in [-0.4, -0.2) is 47.6 Å². The minimum atomic E-state index is -0.676. The van der Waals surface area contributed by atoms with E-state index in [4.69, 9.17) is 23.7 Å². The average molecular weight is 510 g/mol. The van der Waals surface area contributed by atoms with Crippen molar-refractivity contribution in [2.75, 3.05) is 27.9 Å². The highest BCUT2D eigenvalue weighted by Gasteiger charge is 2.29. The first kappa shape index (κ1) is 26.2. The Morgan fingerprint density at radius 1 is 1.06 bits per heavy atom. The van der Waals surface area contributed by atoms with E-state index in [-0.39, 0.29) is 0 Å². The van der Waals surface area contributed by atoms with Crippen LogP contribution in [0.2, 0.25) is 0 Å². The monoisotopic (exact) mass is 509 g/mol. The Balaban J connectivity index is 1.98. The molecule has 7 nitrogen and oxygen atoms in total. The first-order valence-corrected chi connectivity index (χ1v) is 13.0. The van der Waals surface area contributed by atoms with Gasteiger partial charge in [0, 0.05) is 31.0 Å². The van der Waals surface area contributed by atoms with Crippen LogP contribution in [0.15, 0.2) is 54.7 Å². The van der Waals surface area contributed by atoms with E-state index in [2.05, 4.69) is 47.7 Å². The number of hydrogen-bond donors (Lipinski definition) is 0. The van der Waals surface area contributed by atoms with Gasteiger partial charge >= 0.3 is 0 Å². The van der Waals surface area contributed by atoms with Crippen LogP contribution in [0, 0.1) is 0 Å². The number of thiol groups is 1. The topological polar surface area (TPSA) is 81.3 Å². The number of hydrogen-bond acceptors (Lipinski definition) is 5. The Morgan fingerprint density at radius 2 is 1.83 bits per heavy atom. The number of fused-ring (bicyclic) bond motifs is 1. The fraction of sp³-hybridized carbons (Fsp3) is 0.357. The Hall–Kier alpha value is -2.91. The Labute approximate surface area is 216 Å². The van der Waals surface area contributed by atoms with Crippen molar-refractivity contribution in [1.29, 1.82) is 0 Å². The second kappa shape index (κ2) is 11.9. The highest BCUT2D eigenvalue weighted by molar-refractivity contribution is 7.72. The summed E-state index contributed by atoms with van der Waals surface area (Å²) in [5.74, 6) is 2.58. The molecule has 8 heteroatoms. The van der Waals surface area contributed by atoms with Gasteiger partial charge in [-0.2, -0.15) is 4.18 Å². The van der Waals surface area contributed by atoms with Gasteiger partial charge in [0.25, 0.3) is 0 Å². The maximum atomic E-state index is 9.06. The standard InChI is InChI=1S/C28H33N3O4S/c1-18(2)19-9-11-20(12-10-19)28-30-25-22(17-36-35-5)21(27(32)23-8-6-7-13-29-23)16-24(34-4)26(25)31(28)14-15-33-3/h6-13,16,18,27,32H,14-15,17H2,1-5H3/p+2. The van der Waals surface area contributed by atoms with Gasteiger partial charge in [0.15, 0.2) is 5.75 Å². The molecule has 1 atom stereocenters. The third-order valence-electron chi connectivity index (χ3n) is 6.34. The summed E-state index contributed by atoms with van der Waals surface area (Å²) in [6.07, 6.45) is 1.04. The molecular weight excluding hydrogens is 474 g/mol. The molecule has 2 aromatic carbocycles. The van der Waals surface area contributed by atoms with Gasteiger partial charge in [-0.15, -0.1) is 0 Å². The summed E-state index contributed by atoms with van der Waals surface area (Å²) in [4.78, 5) is 9.61. The molecule has 4 rings (SSSR count). The molecule has 0 aliphatic carbocycles. The number of rotatable bonds is 11.